The first kappa shape index (κ1) is 18.9. The first-order valence-corrected chi connectivity index (χ1v) is 8.35. The molecule has 0 saturated carbocycles. The van der Waals surface area contributed by atoms with Crippen LogP contribution in [0.5, 0.6) is 0 Å². The number of carbonyl (C=O) groups excluding carboxylic acids is 2. The molecule has 0 heterocycles. The summed E-state index contributed by atoms with van der Waals surface area (Å²) < 4.78 is 0. The van der Waals surface area contributed by atoms with Gasteiger partial charge in [-0.15, -0.1) is 0 Å². The van der Waals surface area contributed by atoms with Crippen molar-refractivity contribution in [2.75, 3.05) is 13.1 Å². The highest BCUT2D eigenvalue weighted by Gasteiger charge is 2.09. The van der Waals surface area contributed by atoms with Gasteiger partial charge in [0, 0.05) is 44.3 Å². The van der Waals surface area contributed by atoms with Gasteiger partial charge in [-0.25, -0.2) is 0 Å². The number of carbonyl (C=O) groups is 2. The van der Waals surface area contributed by atoms with Crippen molar-refractivity contribution >= 4 is 58.2 Å². The minimum atomic E-state index is -0.334. The van der Waals surface area contributed by atoms with E-state index < -0.39 is 0 Å². The van der Waals surface area contributed by atoms with Crippen LogP contribution in [0.25, 0.3) is 0 Å². The number of nitrogens with one attached hydrogen (secondary N) is 2. The van der Waals surface area contributed by atoms with E-state index >= 15 is 0 Å². The van der Waals surface area contributed by atoms with Gasteiger partial charge in [0.2, 0.25) is 0 Å². The Kier molecular flexibility index (Phi) is 6.75. The van der Waals surface area contributed by atoms with E-state index in [-0.39, 0.29) is 24.9 Å². The van der Waals surface area contributed by atoms with E-state index in [1.807, 2.05) is 0 Å². The van der Waals surface area contributed by atoms with Crippen molar-refractivity contribution in [3.05, 3.63) is 67.6 Å². The van der Waals surface area contributed by atoms with Crippen LogP contribution in [-0.4, -0.2) is 24.9 Å². The molecular formula is C16H12Cl4N2O2. The summed E-state index contributed by atoms with van der Waals surface area (Å²) >= 11 is 23.4. The maximum atomic E-state index is 12.0. The van der Waals surface area contributed by atoms with Crippen molar-refractivity contribution in [1.82, 2.24) is 10.6 Å². The Morgan fingerprint density at radius 3 is 1.21 bits per heavy atom. The van der Waals surface area contributed by atoms with Crippen molar-refractivity contribution in [2.24, 2.45) is 0 Å². The number of benzene rings is 2. The minimum Gasteiger partial charge on any atom is -0.350 e. The van der Waals surface area contributed by atoms with E-state index in [0.29, 0.717) is 31.2 Å². The fourth-order valence-corrected chi connectivity index (χ4v) is 2.98. The first-order chi connectivity index (χ1) is 11.3. The molecule has 126 valence electrons. The second kappa shape index (κ2) is 8.58. The second-order valence-electron chi connectivity index (χ2n) is 4.83. The van der Waals surface area contributed by atoms with Gasteiger partial charge in [-0.1, -0.05) is 46.4 Å². The van der Waals surface area contributed by atoms with E-state index in [4.69, 9.17) is 46.4 Å². The van der Waals surface area contributed by atoms with Crippen LogP contribution in [0, 0.1) is 0 Å². The predicted molar refractivity (Wildman–Crippen MR) is 97.6 cm³/mol. The molecule has 0 fully saturated rings. The second-order valence-corrected chi connectivity index (χ2v) is 6.57. The van der Waals surface area contributed by atoms with Crippen molar-refractivity contribution in [3.8, 4) is 0 Å². The number of halogens is 4. The highest BCUT2D eigenvalue weighted by Crippen LogP contribution is 2.19. The Hall–Kier alpha value is -1.46. The quantitative estimate of drug-likeness (QED) is 0.721. The fourth-order valence-electron chi connectivity index (χ4n) is 1.93. The van der Waals surface area contributed by atoms with Gasteiger partial charge in [-0.2, -0.15) is 0 Å². The summed E-state index contributed by atoms with van der Waals surface area (Å²) in [5, 5.41) is 6.82. The van der Waals surface area contributed by atoms with Gasteiger partial charge in [0.25, 0.3) is 11.8 Å². The molecule has 0 aliphatic rings. The molecule has 2 amide bonds. The largest absolute Gasteiger partial charge is 0.350 e. The third-order valence-electron chi connectivity index (χ3n) is 2.95. The van der Waals surface area contributed by atoms with Gasteiger partial charge in [0.1, 0.15) is 0 Å². The van der Waals surface area contributed by atoms with E-state index in [9.17, 15) is 9.59 Å². The molecule has 0 unspecified atom stereocenters. The van der Waals surface area contributed by atoms with Gasteiger partial charge in [-0.05, 0) is 36.4 Å². The molecule has 0 aromatic heterocycles. The van der Waals surface area contributed by atoms with Crippen LogP contribution in [0.2, 0.25) is 20.1 Å². The molecule has 8 heteroatoms. The number of hydrogen-bond donors (Lipinski definition) is 2. The zero-order valence-electron chi connectivity index (χ0n) is 12.2. The lowest BCUT2D eigenvalue weighted by atomic mass is 10.2. The zero-order valence-corrected chi connectivity index (χ0v) is 15.2. The average Bonchev–Trinajstić information content (AvgIpc) is 2.49. The summed E-state index contributed by atoms with van der Waals surface area (Å²) in [5.41, 5.74) is 0.695. The zero-order chi connectivity index (χ0) is 17.7. The van der Waals surface area contributed by atoms with Crippen LogP contribution in [0.15, 0.2) is 36.4 Å². The SMILES string of the molecule is O=C(NCCNC(=O)c1cc(Cl)cc(Cl)c1)c1cc(Cl)cc(Cl)c1. The minimum absolute atomic E-state index is 0.239. The molecule has 0 atom stereocenters. The maximum Gasteiger partial charge on any atom is 0.251 e. The summed E-state index contributed by atoms with van der Waals surface area (Å²) in [5.74, 6) is -0.668. The smallest absolute Gasteiger partial charge is 0.251 e. The molecule has 0 radical (unpaired) electrons. The molecule has 0 saturated heterocycles. The lowest BCUT2D eigenvalue weighted by Crippen LogP contribution is -2.34. The third-order valence-corrected chi connectivity index (χ3v) is 3.82. The van der Waals surface area contributed by atoms with E-state index in [1.165, 1.54) is 36.4 Å². The van der Waals surface area contributed by atoms with Gasteiger partial charge in [-0.3, -0.25) is 9.59 Å². The lowest BCUT2D eigenvalue weighted by Gasteiger charge is -2.08. The van der Waals surface area contributed by atoms with Crippen molar-refractivity contribution in [3.63, 3.8) is 0 Å². The Labute approximate surface area is 159 Å². The van der Waals surface area contributed by atoms with Crippen LogP contribution in [0.4, 0.5) is 0 Å². The van der Waals surface area contributed by atoms with E-state index in [2.05, 4.69) is 10.6 Å². The molecule has 0 aliphatic carbocycles. The molecule has 0 aliphatic heterocycles. The van der Waals surface area contributed by atoms with Gasteiger partial charge in [0.05, 0.1) is 0 Å². The molecule has 4 nitrogen and oxygen atoms in total. The normalized spacial score (nSPS) is 10.3. The Balaban J connectivity index is 1.84. The number of rotatable bonds is 5. The van der Waals surface area contributed by atoms with Crippen LogP contribution >= 0.6 is 46.4 Å². The standard InChI is InChI=1S/C16H12Cl4N2O2/c17-11-3-9(4-12(18)7-11)15(23)21-1-2-22-16(24)10-5-13(19)8-14(20)6-10/h3-8H,1-2H2,(H,21,23)(H,22,24). The molecule has 0 spiro atoms. The highest BCUT2D eigenvalue weighted by molar-refractivity contribution is 6.35. The Morgan fingerprint density at radius 1 is 0.625 bits per heavy atom. The van der Waals surface area contributed by atoms with E-state index in [0.717, 1.165) is 0 Å². The summed E-state index contributed by atoms with van der Waals surface area (Å²) in [4.78, 5) is 24.0. The lowest BCUT2D eigenvalue weighted by molar-refractivity contribution is 0.0927. The van der Waals surface area contributed by atoms with Crippen molar-refractivity contribution < 1.29 is 9.59 Å². The van der Waals surface area contributed by atoms with E-state index in [1.54, 1.807) is 0 Å². The summed E-state index contributed by atoms with van der Waals surface area (Å²) in [7, 11) is 0. The topological polar surface area (TPSA) is 58.2 Å². The summed E-state index contributed by atoms with van der Waals surface area (Å²) in [6, 6.07) is 9.11. The summed E-state index contributed by atoms with van der Waals surface area (Å²) in [6.45, 7) is 0.478. The van der Waals surface area contributed by atoms with Crippen LogP contribution in [0.1, 0.15) is 20.7 Å². The van der Waals surface area contributed by atoms with Crippen LogP contribution < -0.4 is 10.6 Å². The van der Waals surface area contributed by atoms with Crippen LogP contribution in [0.3, 0.4) is 0 Å². The highest BCUT2D eigenvalue weighted by atomic mass is 35.5. The number of amides is 2. The third kappa shape index (κ3) is 5.56. The molecule has 2 aromatic rings. The monoisotopic (exact) mass is 404 g/mol. The molecular weight excluding hydrogens is 394 g/mol. The summed E-state index contributed by atoms with van der Waals surface area (Å²) in [6.07, 6.45) is 0. The molecule has 2 aromatic carbocycles. The number of hydrogen-bond acceptors (Lipinski definition) is 2. The van der Waals surface area contributed by atoms with Gasteiger partial charge in [0.15, 0.2) is 0 Å². The average molecular weight is 406 g/mol. The van der Waals surface area contributed by atoms with Crippen molar-refractivity contribution in [2.45, 2.75) is 0 Å². The molecule has 0 bridgehead atoms. The van der Waals surface area contributed by atoms with Crippen LogP contribution in [-0.2, 0) is 0 Å². The van der Waals surface area contributed by atoms with Gasteiger partial charge < -0.3 is 10.6 Å². The molecule has 2 N–H and O–H groups in total. The molecule has 24 heavy (non-hydrogen) atoms. The fraction of sp³-hybridized carbons (Fsp3) is 0.125. The Bertz CT molecular complexity index is 675. The molecule has 2 rings (SSSR count). The van der Waals surface area contributed by atoms with Gasteiger partial charge >= 0.3 is 0 Å². The predicted octanol–water partition coefficient (Wildman–Crippen LogP) is 4.46. The maximum absolute atomic E-state index is 12.0. The Morgan fingerprint density at radius 2 is 0.917 bits per heavy atom. The first-order valence-electron chi connectivity index (χ1n) is 6.84. The van der Waals surface area contributed by atoms with Crippen molar-refractivity contribution in [1.29, 1.82) is 0 Å².